The fourth-order valence-corrected chi connectivity index (χ4v) is 4.55. The number of nitrogens with one attached hydrogen (secondary N) is 2. The predicted molar refractivity (Wildman–Crippen MR) is 84.8 cm³/mol. The van der Waals surface area contributed by atoms with Crippen LogP contribution in [-0.4, -0.2) is 40.9 Å². The van der Waals surface area contributed by atoms with Crippen LogP contribution < -0.4 is 10.2 Å². The third-order valence-electron chi connectivity index (χ3n) is 3.50. The lowest BCUT2D eigenvalue weighted by molar-refractivity contribution is 0.480. The molecule has 0 radical (unpaired) electrons. The highest BCUT2D eigenvalue weighted by Gasteiger charge is 2.20. The molecule has 1 saturated heterocycles. The number of rotatable bonds is 2. The van der Waals surface area contributed by atoms with E-state index in [1.54, 1.807) is 22.7 Å². The fourth-order valence-electron chi connectivity index (χ4n) is 2.50. The van der Waals surface area contributed by atoms with E-state index < -0.39 is 0 Å². The van der Waals surface area contributed by atoms with Crippen LogP contribution in [0.5, 0.6) is 0 Å². The largest absolute Gasteiger partial charge is 0.337 e. The van der Waals surface area contributed by atoms with Gasteiger partial charge in [-0.1, -0.05) is 0 Å². The van der Waals surface area contributed by atoms with Crippen LogP contribution in [0.25, 0.3) is 20.1 Å². The maximum atomic E-state index is 4.66. The van der Waals surface area contributed by atoms with Crippen LogP contribution in [0.3, 0.4) is 0 Å². The number of piperazine rings is 1. The van der Waals surface area contributed by atoms with Gasteiger partial charge in [-0.05, 0) is 24.4 Å². The number of aromatic nitrogens is 3. The summed E-state index contributed by atoms with van der Waals surface area (Å²) in [5.74, 6) is 1.68. The molecule has 4 rings (SSSR count). The Hall–Kier alpha value is -1.44. The van der Waals surface area contributed by atoms with Gasteiger partial charge in [-0.15, -0.1) is 27.8 Å². The number of nitrogens with zero attached hydrogens (tertiary/aromatic N) is 3. The molecule has 3 aromatic heterocycles. The Morgan fingerprint density at radius 1 is 1.40 bits per heavy atom. The second kappa shape index (κ2) is 4.83. The number of aromatic amines is 1. The molecule has 0 unspecified atom stereocenters. The second-order valence-corrected chi connectivity index (χ2v) is 7.08. The highest BCUT2D eigenvalue weighted by molar-refractivity contribution is 7.28. The molecule has 2 N–H and O–H groups in total. The van der Waals surface area contributed by atoms with E-state index in [1.165, 1.54) is 9.40 Å². The number of fused-ring (bicyclic) bond motifs is 1. The Kier molecular flexibility index (Phi) is 2.98. The molecule has 1 aliphatic rings. The van der Waals surface area contributed by atoms with E-state index in [1.807, 2.05) is 0 Å². The standard InChI is InChI=1S/C13H15N5S2/c1-8-7-18(4-3-14-8)13-15-12(16-17-13)11-6-10-9(20-11)2-5-19-10/h2,5-6,8,14H,3-4,7H2,1H3,(H,15,16,17)/t8-/m0/s1. The van der Waals surface area contributed by atoms with Gasteiger partial charge >= 0.3 is 0 Å². The average Bonchev–Trinajstić information content (AvgIpc) is 3.13. The van der Waals surface area contributed by atoms with E-state index in [9.17, 15) is 0 Å². The Balaban J connectivity index is 1.62. The molecular formula is C13H15N5S2. The number of hydrogen-bond donors (Lipinski definition) is 2. The van der Waals surface area contributed by atoms with Crippen LogP contribution in [0, 0.1) is 0 Å². The third-order valence-corrected chi connectivity index (χ3v) is 5.60. The van der Waals surface area contributed by atoms with Crippen molar-refractivity contribution in [2.45, 2.75) is 13.0 Å². The van der Waals surface area contributed by atoms with Gasteiger partial charge in [0.15, 0.2) is 5.82 Å². The molecule has 5 nitrogen and oxygen atoms in total. The number of hydrogen-bond acceptors (Lipinski definition) is 6. The fraction of sp³-hybridized carbons (Fsp3) is 0.385. The minimum atomic E-state index is 0.484. The zero-order valence-corrected chi connectivity index (χ0v) is 12.7. The second-order valence-electron chi connectivity index (χ2n) is 5.04. The predicted octanol–water partition coefficient (Wildman–Crippen LogP) is 2.55. The first kappa shape index (κ1) is 12.3. The van der Waals surface area contributed by atoms with E-state index >= 15 is 0 Å². The third kappa shape index (κ3) is 2.11. The Bertz CT molecular complexity index is 699. The molecule has 20 heavy (non-hydrogen) atoms. The summed E-state index contributed by atoms with van der Waals surface area (Å²) < 4.78 is 2.64. The summed E-state index contributed by atoms with van der Waals surface area (Å²) in [6, 6.07) is 4.83. The zero-order valence-electron chi connectivity index (χ0n) is 11.1. The van der Waals surface area contributed by atoms with E-state index in [0.717, 1.165) is 36.3 Å². The number of anilines is 1. The van der Waals surface area contributed by atoms with Crippen LogP contribution in [0.2, 0.25) is 0 Å². The van der Waals surface area contributed by atoms with Crippen LogP contribution in [0.15, 0.2) is 17.5 Å². The van der Waals surface area contributed by atoms with Gasteiger partial charge < -0.3 is 10.2 Å². The molecule has 1 aliphatic heterocycles. The van der Waals surface area contributed by atoms with Crippen molar-refractivity contribution in [2.24, 2.45) is 0 Å². The van der Waals surface area contributed by atoms with Crippen molar-refractivity contribution in [2.75, 3.05) is 24.5 Å². The summed E-state index contributed by atoms with van der Waals surface area (Å²) in [6.45, 7) is 5.09. The quantitative estimate of drug-likeness (QED) is 0.764. The Morgan fingerprint density at radius 2 is 2.35 bits per heavy atom. The van der Waals surface area contributed by atoms with Gasteiger partial charge in [-0.2, -0.15) is 4.98 Å². The lowest BCUT2D eigenvalue weighted by Crippen LogP contribution is -2.49. The van der Waals surface area contributed by atoms with Crippen molar-refractivity contribution in [3.8, 4) is 10.7 Å². The summed E-state index contributed by atoms with van der Waals surface area (Å²) in [6.07, 6.45) is 0. The lowest BCUT2D eigenvalue weighted by atomic mass is 10.2. The van der Waals surface area contributed by atoms with Crippen LogP contribution in [0.1, 0.15) is 6.92 Å². The van der Waals surface area contributed by atoms with Crippen molar-refractivity contribution in [1.29, 1.82) is 0 Å². The molecule has 1 fully saturated rings. The molecule has 7 heteroatoms. The minimum absolute atomic E-state index is 0.484. The summed E-state index contributed by atoms with van der Waals surface area (Å²) in [5.41, 5.74) is 0. The van der Waals surface area contributed by atoms with Crippen molar-refractivity contribution in [1.82, 2.24) is 20.5 Å². The maximum Gasteiger partial charge on any atom is 0.245 e. The van der Waals surface area contributed by atoms with Gasteiger partial charge in [0.1, 0.15) is 0 Å². The van der Waals surface area contributed by atoms with Crippen LogP contribution >= 0.6 is 22.7 Å². The normalized spacial score (nSPS) is 19.9. The average molecular weight is 305 g/mol. The van der Waals surface area contributed by atoms with Crippen LogP contribution in [-0.2, 0) is 0 Å². The molecule has 1 atom stereocenters. The summed E-state index contributed by atoms with van der Waals surface area (Å²) in [7, 11) is 0. The van der Waals surface area contributed by atoms with Gasteiger partial charge in [0, 0.05) is 35.1 Å². The summed E-state index contributed by atoms with van der Waals surface area (Å²) >= 11 is 3.53. The van der Waals surface area contributed by atoms with E-state index in [2.05, 4.69) is 49.8 Å². The molecule has 0 saturated carbocycles. The first-order valence-electron chi connectivity index (χ1n) is 6.68. The first-order valence-corrected chi connectivity index (χ1v) is 8.37. The van der Waals surface area contributed by atoms with E-state index in [4.69, 9.17) is 0 Å². The van der Waals surface area contributed by atoms with E-state index in [0.29, 0.717) is 6.04 Å². The highest BCUT2D eigenvalue weighted by atomic mass is 32.1. The van der Waals surface area contributed by atoms with Gasteiger partial charge in [-0.3, -0.25) is 5.10 Å². The van der Waals surface area contributed by atoms with Gasteiger partial charge in [0.2, 0.25) is 5.95 Å². The lowest BCUT2D eigenvalue weighted by Gasteiger charge is -2.30. The Labute approximate surface area is 124 Å². The van der Waals surface area contributed by atoms with Crippen molar-refractivity contribution >= 4 is 38.0 Å². The molecule has 0 bridgehead atoms. The first-order chi connectivity index (χ1) is 9.79. The zero-order chi connectivity index (χ0) is 13.5. The van der Waals surface area contributed by atoms with E-state index in [-0.39, 0.29) is 0 Å². The molecular weight excluding hydrogens is 290 g/mol. The highest BCUT2D eigenvalue weighted by Crippen LogP contribution is 2.35. The monoisotopic (exact) mass is 305 g/mol. The molecule has 104 valence electrons. The van der Waals surface area contributed by atoms with Crippen molar-refractivity contribution in [3.05, 3.63) is 17.5 Å². The number of thiophene rings is 2. The van der Waals surface area contributed by atoms with Crippen molar-refractivity contribution in [3.63, 3.8) is 0 Å². The molecule has 0 amide bonds. The van der Waals surface area contributed by atoms with Gasteiger partial charge in [0.25, 0.3) is 0 Å². The molecule has 0 aliphatic carbocycles. The molecule has 4 heterocycles. The smallest absolute Gasteiger partial charge is 0.245 e. The van der Waals surface area contributed by atoms with Crippen molar-refractivity contribution < 1.29 is 0 Å². The SMILES string of the molecule is C[C@H]1CN(c2n[nH]c(-c3cc4sccc4s3)n2)CCN1. The summed E-state index contributed by atoms with van der Waals surface area (Å²) in [4.78, 5) is 8.05. The van der Waals surface area contributed by atoms with Crippen LogP contribution in [0.4, 0.5) is 5.95 Å². The topological polar surface area (TPSA) is 56.8 Å². The Morgan fingerprint density at radius 3 is 3.20 bits per heavy atom. The molecule has 0 aromatic carbocycles. The molecule has 0 spiro atoms. The number of H-pyrrole nitrogens is 1. The van der Waals surface area contributed by atoms with Gasteiger partial charge in [0.05, 0.1) is 4.88 Å². The van der Waals surface area contributed by atoms with Gasteiger partial charge in [-0.25, -0.2) is 0 Å². The minimum Gasteiger partial charge on any atom is -0.337 e. The maximum absolute atomic E-state index is 4.66. The molecule has 3 aromatic rings. The summed E-state index contributed by atoms with van der Waals surface area (Å²) in [5, 5.41) is 13.0.